The molecule has 0 saturated heterocycles. The van der Waals surface area contributed by atoms with E-state index in [2.05, 4.69) is 36.1 Å². The summed E-state index contributed by atoms with van der Waals surface area (Å²) in [5.41, 5.74) is 4.19. The third-order valence-electron chi connectivity index (χ3n) is 4.01. The van der Waals surface area contributed by atoms with Crippen molar-refractivity contribution < 1.29 is 9.90 Å². The number of carbonyl (C=O) groups is 1. The van der Waals surface area contributed by atoms with E-state index < -0.39 is 5.97 Å². The summed E-state index contributed by atoms with van der Waals surface area (Å²) in [6.07, 6.45) is 1.13. The first-order valence-electron chi connectivity index (χ1n) is 7.28. The summed E-state index contributed by atoms with van der Waals surface area (Å²) in [6, 6.07) is 15.7. The first-order chi connectivity index (χ1) is 10.1. The molecule has 21 heavy (non-hydrogen) atoms. The van der Waals surface area contributed by atoms with E-state index in [1.165, 1.54) is 11.3 Å². The highest BCUT2D eigenvalue weighted by Crippen LogP contribution is 2.30. The number of nitrogens with zero attached hydrogens (tertiary/aromatic N) is 1. The van der Waals surface area contributed by atoms with Crippen molar-refractivity contribution in [2.45, 2.75) is 19.9 Å². The minimum absolute atomic E-state index is 0.339. The van der Waals surface area contributed by atoms with Gasteiger partial charge < -0.3 is 10.0 Å². The van der Waals surface area contributed by atoms with E-state index in [0.29, 0.717) is 11.5 Å². The van der Waals surface area contributed by atoms with Crippen LogP contribution in [0, 0.1) is 5.92 Å². The number of fused-ring (bicyclic) bond motifs is 1. The lowest BCUT2D eigenvalue weighted by molar-refractivity contribution is 0.0697. The molecule has 3 rings (SSSR count). The highest BCUT2D eigenvalue weighted by molar-refractivity contribution is 5.87. The van der Waals surface area contributed by atoms with Gasteiger partial charge in [0.2, 0.25) is 0 Å². The lowest BCUT2D eigenvalue weighted by Gasteiger charge is -2.35. The first-order valence-corrected chi connectivity index (χ1v) is 7.28. The molecular weight excluding hydrogens is 262 g/mol. The molecule has 0 saturated carbocycles. The van der Waals surface area contributed by atoms with Crippen molar-refractivity contribution >= 4 is 11.7 Å². The fourth-order valence-corrected chi connectivity index (χ4v) is 3.03. The summed E-state index contributed by atoms with van der Waals surface area (Å²) >= 11 is 0. The minimum Gasteiger partial charge on any atom is -0.478 e. The molecule has 0 amide bonds. The predicted molar refractivity (Wildman–Crippen MR) is 83.8 cm³/mol. The summed E-state index contributed by atoms with van der Waals surface area (Å²) in [7, 11) is 0. The average molecular weight is 281 g/mol. The molecule has 2 aromatic carbocycles. The van der Waals surface area contributed by atoms with E-state index in [4.69, 9.17) is 5.11 Å². The minimum atomic E-state index is -0.876. The van der Waals surface area contributed by atoms with Gasteiger partial charge in [-0.3, -0.25) is 0 Å². The Labute approximate surface area is 124 Å². The number of para-hydroxylation sites is 1. The fourth-order valence-electron chi connectivity index (χ4n) is 3.03. The molecule has 3 nitrogen and oxygen atoms in total. The van der Waals surface area contributed by atoms with Crippen molar-refractivity contribution in [3.63, 3.8) is 0 Å². The lowest BCUT2D eigenvalue weighted by Crippen LogP contribution is -2.33. The van der Waals surface area contributed by atoms with E-state index in [0.717, 1.165) is 25.1 Å². The van der Waals surface area contributed by atoms with Crippen molar-refractivity contribution in [2.24, 2.45) is 5.92 Å². The fraction of sp³-hybridized carbons (Fsp3) is 0.278. The molecule has 1 aliphatic heterocycles. The van der Waals surface area contributed by atoms with Crippen LogP contribution in [0.15, 0.2) is 48.5 Å². The highest BCUT2D eigenvalue weighted by Gasteiger charge is 2.21. The van der Waals surface area contributed by atoms with Gasteiger partial charge in [0.05, 0.1) is 5.56 Å². The van der Waals surface area contributed by atoms with Crippen molar-refractivity contribution in [3.8, 4) is 0 Å². The zero-order chi connectivity index (χ0) is 14.8. The molecule has 0 bridgehead atoms. The molecule has 0 aromatic heterocycles. The van der Waals surface area contributed by atoms with Gasteiger partial charge in [-0.05, 0) is 41.7 Å². The molecule has 1 heterocycles. The largest absolute Gasteiger partial charge is 0.478 e. The molecule has 1 aliphatic rings. The second kappa shape index (κ2) is 5.60. The quantitative estimate of drug-likeness (QED) is 0.934. The Balaban J connectivity index is 1.83. The van der Waals surface area contributed by atoms with Crippen LogP contribution in [0.2, 0.25) is 0 Å². The number of hydrogen-bond acceptors (Lipinski definition) is 2. The maximum absolute atomic E-state index is 10.9. The number of carboxylic acids is 1. The van der Waals surface area contributed by atoms with Crippen LogP contribution in [0.25, 0.3) is 0 Å². The van der Waals surface area contributed by atoms with Crippen LogP contribution in [0.3, 0.4) is 0 Å². The van der Waals surface area contributed by atoms with Gasteiger partial charge >= 0.3 is 5.97 Å². The van der Waals surface area contributed by atoms with Crippen molar-refractivity contribution in [1.82, 2.24) is 0 Å². The summed E-state index contributed by atoms with van der Waals surface area (Å²) in [5.74, 6) is -0.239. The second-order valence-electron chi connectivity index (χ2n) is 5.82. The number of anilines is 1. The Morgan fingerprint density at radius 3 is 2.62 bits per heavy atom. The Hall–Kier alpha value is -2.29. The second-order valence-corrected chi connectivity index (χ2v) is 5.82. The molecule has 1 N–H and O–H groups in total. The van der Waals surface area contributed by atoms with Gasteiger partial charge in [0.25, 0.3) is 0 Å². The van der Waals surface area contributed by atoms with Crippen molar-refractivity contribution in [3.05, 3.63) is 65.2 Å². The smallest absolute Gasteiger partial charge is 0.335 e. The molecular formula is C18H19NO2. The van der Waals surface area contributed by atoms with Gasteiger partial charge in [-0.25, -0.2) is 4.79 Å². The van der Waals surface area contributed by atoms with Crippen LogP contribution in [0.1, 0.15) is 28.4 Å². The monoisotopic (exact) mass is 281 g/mol. The van der Waals surface area contributed by atoms with Crippen LogP contribution >= 0.6 is 0 Å². The van der Waals surface area contributed by atoms with Crippen molar-refractivity contribution in [2.75, 3.05) is 11.4 Å². The molecule has 3 heteroatoms. The molecule has 0 fully saturated rings. The number of benzene rings is 2. The van der Waals surface area contributed by atoms with Gasteiger partial charge in [-0.2, -0.15) is 0 Å². The molecule has 0 spiro atoms. The first kappa shape index (κ1) is 13.7. The molecule has 1 unspecified atom stereocenters. The average Bonchev–Trinajstić information content (AvgIpc) is 2.47. The Morgan fingerprint density at radius 2 is 1.90 bits per heavy atom. The predicted octanol–water partition coefficient (Wildman–Crippen LogP) is 3.58. The zero-order valence-corrected chi connectivity index (χ0v) is 12.1. The molecule has 0 aliphatic carbocycles. The maximum atomic E-state index is 10.9. The number of hydrogen-bond donors (Lipinski definition) is 1. The van der Waals surface area contributed by atoms with E-state index in [1.807, 2.05) is 12.1 Å². The summed E-state index contributed by atoms with van der Waals surface area (Å²) in [4.78, 5) is 13.3. The topological polar surface area (TPSA) is 40.5 Å². The standard InChI is InChI=1S/C18H19NO2/c1-13-10-16-4-2-3-5-17(16)19(11-13)12-14-6-8-15(9-7-14)18(20)21/h2-9,13H,10-12H2,1H3,(H,20,21). The van der Waals surface area contributed by atoms with Crippen LogP contribution in [-0.2, 0) is 13.0 Å². The maximum Gasteiger partial charge on any atom is 0.335 e. The van der Waals surface area contributed by atoms with E-state index in [1.54, 1.807) is 12.1 Å². The Bertz CT molecular complexity index is 649. The summed E-state index contributed by atoms with van der Waals surface area (Å²) < 4.78 is 0. The molecule has 2 aromatic rings. The van der Waals surface area contributed by atoms with Gasteiger partial charge in [0.15, 0.2) is 0 Å². The van der Waals surface area contributed by atoms with Crippen LogP contribution in [0.4, 0.5) is 5.69 Å². The highest BCUT2D eigenvalue weighted by atomic mass is 16.4. The number of aromatic carboxylic acids is 1. The van der Waals surface area contributed by atoms with Gasteiger partial charge in [-0.15, -0.1) is 0 Å². The SMILES string of the molecule is CC1Cc2ccccc2N(Cc2ccc(C(=O)O)cc2)C1. The van der Waals surface area contributed by atoms with Gasteiger partial charge in [-0.1, -0.05) is 37.3 Å². The molecule has 108 valence electrons. The van der Waals surface area contributed by atoms with Gasteiger partial charge in [0.1, 0.15) is 0 Å². The van der Waals surface area contributed by atoms with Gasteiger partial charge in [0, 0.05) is 18.8 Å². The lowest BCUT2D eigenvalue weighted by atomic mass is 9.93. The normalized spacial score (nSPS) is 17.4. The summed E-state index contributed by atoms with van der Waals surface area (Å²) in [5, 5.41) is 8.95. The van der Waals surface area contributed by atoms with E-state index in [-0.39, 0.29) is 0 Å². The molecule has 1 atom stereocenters. The van der Waals surface area contributed by atoms with E-state index >= 15 is 0 Å². The van der Waals surface area contributed by atoms with Crippen LogP contribution in [-0.4, -0.2) is 17.6 Å². The third kappa shape index (κ3) is 2.92. The Kier molecular flexibility index (Phi) is 3.65. The summed E-state index contributed by atoms with van der Waals surface area (Å²) in [6.45, 7) is 4.13. The zero-order valence-electron chi connectivity index (χ0n) is 12.1. The van der Waals surface area contributed by atoms with E-state index in [9.17, 15) is 4.79 Å². The Morgan fingerprint density at radius 1 is 1.19 bits per heavy atom. The molecule has 0 radical (unpaired) electrons. The van der Waals surface area contributed by atoms with Crippen LogP contribution < -0.4 is 4.90 Å². The number of rotatable bonds is 3. The number of carboxylic acid groups (broad SMARTS) is 1. The van der Waals surface area contributed by atoms with Crippen molar-refractivity contribution in [1.29, 1.82) is 0 Å². The van der Waals surface area contributed by atoms with Crippen LogP contribution in [0.5, 0.6) is 0 Å². The third-order valence-corrected chi connectivity index (χ3v) is 4.01.